The molecule has 1 saturated carbocycles. The Morgan fingerprint density at radius 3 is 2.90 bits per heavy atom. The highest BCUT2D eigenvalue weighted by Gasteiger charge is 2.22. The second-order valence-corrected chi connectivity index (χ2v) is 5.82. The van der Waals surface area contributed by atoms with Crippen LogP contribution >= 0.6 is 0 Å². The zero-order chi connectivity index (χ0) is 15.2. The van der Waals surface area contributed by atoms with Crippen molar-refractivity contribution in [1.82, 2.24) is 4.90 Å². The van der Waals surface area contributed by atoms with Gasteiger partial charge in [0.1, 0.15) is 5.75 Å². The van der Waals surface area contributed by atoms with Gasteiger partial charge in [0.25, 0.3) is 0 Å². The summed E-state index contributed by atoms with van der Waals surface area (Å²) >= 11 is 0. The van der Waals surface area contributed by atoms with Gasteiger partial charge in [-0.2, -0.15) is 0 Å². The van der Waals surface area contributed by atoms with E-state index in [1.807, 2.05) is 0 Å². The molecule has 1 fully saturated rings. The predicted molar refractivity (Wildman–Crippen MR) is 85.5 cm³/mol. The quantitative estimate of drug-likeness (QED) is 0.721. The predicted octanol–water partition coefficient (Wildman–Crippen LogP) is 2.34. The van der Waals surface area contributed by atoms with Gasteiger partial charge in [-0.1, -0.05) is 0 Å². The molecule has 116 valence electrons. The molecule has 0 radical (unpaired) electrons. The summed E-state index contributed by atoms with van der Waals surface area (Å²) in [6.07, 6.45) is 4.11. The second-order valence-electron chi connectivity index (χ2n) is 5.82. The van der Waals surface area contributed by atoms with Crippen LogP contribution in [-0.2, 0) is 4.79 Å². The monoisotopic (exact) mass is 291 g/mol. The van der Waals surface area contributed by atoms with E-state index in [1.165, 1.54) is 12.8 Å². The van der Waals surface area contributed by atoms with Crippen molar-refractivity contribution in [2.24, 2.45) is 5.92 Å². The average molecular weight is 291 g/mol. The SMILES string of the molecule is COc1cc(N)ccc1NC(=O)CCCN(C)CC1CC1. The van der Waals surface area contributed by atoms with Crippen LogP contribution in [-0.4, -0.2) is 38.1 Å². The second kappa shape index (κ2) is 7.31. The van der Waals surface area contributed by atoms with Gasteiger partial charge < -0.3 is 20.7 Å². The fourth-order valence-electron chi connectivity index (χ4n) is 2.37. The maximum absolute atomic E-state index is 12.0. The number of methoxy groups -OCH3 is 1. The lowest BCUT2D eigenvalue weighted by atomic mass is 10.2. The van der Waals surface area contributed by atoms with Crippen molar-refractivity contribution >= 4 is 17.3 Å². The van der Waals surface area contributed by atoms with E-state index >= 15 is 0 Å². The molecule has 1 amide bonds. The molecular formula is C16H25N3O2. The van der Waals surface area contributed by atoms with Gasteiger partial charge in [-0.3, -0.25) is 4.79 Å². The Labute approximate surface area is 126 Å². The Morgan fingerprint density at radius 1 is 1.48 bits per heavy atom. The maximum Gasteiger partial charge on any atom is 0.224 e. The lowest BCUT2D eigenvalue weighted by molar-refractivity contribution is -0.116. The third-order valence-corrected chi connectivity index (χ3v) is 3.71. The van der Waals surface area contributed by atoms with Crippen molar-refractivity contribution in [1.29, 1.82) is 0 Å². The number of hydrogen-bond donors (Lipinski definition) is 2. The molecule has 0 aromatic heterocycles. The summed E-state index contributed by atoms with van der Waals surface area (Å²) in [6.45, 7) is 2.12. The van der Waals surface area contributed by atoms with Crippen LogP contribution in [0.25, 0.3) is 0 Å². The molecule has 5 nitrogen and oxygen atoms in total. The molecule has 1 aromatic carbocycles. The third kappa shape index (κ3) is 5.27. The number of nitrogens with zero attached hydrogens (tertiary/aromatic N) is 1. The van der Waals surface area contributed by atoms with Crippen LogP contribution in [0, 0.1) is 5.92 Å². The van der Waals surface area contributed by atoms with Crippen molar-refractivity contribution in [2.75, 3.05) is 38.3 Å². The fourth-order valence-corrected chi connectivity index (χ4v) is 2.37. The van der Waals surface area contributed by atoms with Gasteiger partial charge in [0.2, 0.25) is 5.91 Å². The number of carbonyl (C=O) groups excluding carboxylic acids is 1. The number of nitrogens with one attached hydrogen (secondary N) is 1. The summed E-state index contributed by atoms with van der Waals surface area (Å²) in [6, 6.07) is 5.23. The number of anilines is 2. The van der Waals surface area contributed by atoms with Gasteiger partial charge in [0.05, 0.1) is 12.8 Å². The van der Waals surface area contributed by atoms with Gasteiger partial charge in [0, 0.05) is 24.7 Å². The highest BCUT2D eigenvalue weighted by Crippen LogP contribution is 2.29. The van der Waals surface area contributed by atoms with Gasteiger partial charge >= 0.3 is 0 Å². The molecule has 0 aliphatic heterocycles. The van der Waals surface area contributed by atoms with E-state index in [4.69, 9.17) is 10.5 Å². The van der Waals surface area contributed by atoms with E-state index in [1.54, 1.807) is 25.3 Å². The van der Waals surface area contributed by atoms with Crippen molar-refractivity contribution in [3.8, 4) is 5.75 Å². The lowest BCUT2D eigenvalue weighted by Gasteiger charge is -2.16. The Balaban J connectivity index is 1.73. The molecule has 0 unspecified atom stereocenters. The molecule has 0 bridgehead atoms. The number of ether oxygens (including phenoxy) is 1. The first kappa shape index (κ1) is 15.6. The summed E-state index contributed by atoms with van der Waals surface area (Å²) in [5.41, 5.74) is 6.98. The summed E-state index contributed by atoms with van der Waals surface area (Å²) in [5, 5.41) is 2.88. The number of nitrogens with two attached hydrogens (primary N) is 1. The van der Waals surface area contributed by atoms with Crippen molar-refractivity contribution < 1.29 is 9.53 Å². The van der Waals surface area contributed by atoms with Crippen LogP contribution in [0.15, 0.2) is 18.2 Å². The number of nitrogen functional groups attached to an aromatic ring is 1. The van der Waals surface area contributed by atoms with Crippen LogP contribution in [0.1, 0.15) is 25.7 Å². The molecule has 3 N–H and O–H groups in total. The standard InChI is InChI=1S/C16H25N3O2/c1-19(11-12-5-6-12)9-3-4-16(20)18-14-8-7-13(17)10-15(14)21-2/h7-8,10,12H,3-6,9,11,17H2,1-2H3,(H,18,20). The average Bonchev–Trinajstić information content (AvgIpc) is 3.24. The molecule has 1 aromatic rings. The van der Waals surface area contributed by atoms with Gasteiger partial charge in [0.15, 0.2) is 0 Å². The fraction of sp³-hybridized carbons (Fsp3) is 0.562. The summed E-state index contributed by atoms with van der Waals surface area (Å²) in [5.74, 6) is 1.50. The van der Waals surface area contributed by atoms with Gasteiger partial charge in [-0.25, -0.2) is 0 Å². The van der Waals surface area contributed by atoms with E-state index in [0.29, 0.717) is 23.5 Å². The minimum Gasteiger partial charge on any atom is -0.494 e. The zero-order valence-electron chi connectivity index (χ0n) is 12.9. The Bertz CT molecular complexity index is 486. The lowest BCUT2D eigenvalue weighted by Crippen LogP contribution is -2.23. The van der Waals surface area contributed by atoms with E-state index in [0.717, 1.165) is 25.4 Å². The van der Waals surface area contributed by atoms with E-state index in [-0.39, 0.29) is 5.91 Å². The van der Waals surface area contributed by atoms with Crippen molar-refractivity contribution in [2.45, 2.75) is 25.7 Å². The number of carbonyl (C=O) groups is 1. The Kier molecular flexibility index (Phi) is 5.44. The van der Waals surface area contributed by atoms with Gasteiger partial charge in [-0.05, 0) is 50.9 Å². The van der Waals surface area contributed by atoms with Crippen LogP contribution < -0.4 is 15.8 Å². The van der Waals surface area contributed by atoms with Crippen LogP contribution in [0.2, 0.25) is 0 Å². The largest absolute Gasteiger partial charge is 0.494 e. The van der Waals surface area contributed by atoms with Crippen molar-refractivity contribution in [3.05, 3.63) is 18.2 Å². The molecule has 21 heavy (non-hydrogen) atoms. The first-order valence-electron chi connectivity index (χ1n) is 7.50. The molecule has 0 atom stereocenters. The van der Waals surface area contributed by atoms with Crippen molar-refractivity contribution in [3.63, 3.8) is 0 Å². The molecule has 2 rings (SSSR count). The van der Waals surface area contributed by atoms with Crippen LogP contribution in [0.5, 0.6) is 5.75 Å². The van der Waals surface area contributed by atoms with E-state index in [9.17, 15) is 4.79 Å². The maximum atomic E-state index is 12.0. The first-order valence-corrected chi connectivity index (χ1v) is 7.50. The number of rotatable bonds is 8. The minimum atomic E-state index is 0.0119. The molecule has 1 aliphatic carbocycles. The topological polar surface area (TPSA) is 67.6 Å². The molecule has 0 saturated heterocycles. The van der Waals surface area contributed by atoms with E-state index in [2.05, 4.69) is 17.3 Å². The van der Waals surface area contributed by atoms with Crippen LogP contribution in [0.4, 0.5) is 11.4 Å². The highest BCUT2D eigenvalue weighted by atomic mass is 16.5. The molecule has 5 heteroatoms. The Morgan fingerprint density at radius 2 is 2.24 bits per heavy atom. The number of benzene rings is 1. The minimum absolute atomic E-state index is 0.0119. The molecule has 0 spiro atoms. The zero-order valence-corrected chi connectivity index (χ0v) is 12.9. The van der Waals surface area contributed by atoms with E-state index < -0.39 is 0 Å². The van der Waals surface area contributed by atoms with Crippen LogP contribution in [0.3, 0.4) is 0 Å². The third-order valence-electron chi connectivity index (χ3n) is 3.71. The molecular weight excluding hydrogens is 266 g/mol. The van der Waals surface area contributed by atoms with Gasteiger partial charge in [-0.15, -0.1) is 0 Å². The summed E-state index contributed by atoms with van der Waals surface area (Å²) in [4.78, 5) is 14.3. The Hall–Kier alpha value is -1.75. The first-order chi connectivity index (χ1) is 10.1. The highest BCUT2D eigenvalue weighted by molar-refractivity contribution is 5.92. The molecule has 0 heterocycles. The summed E-state index contributed by atoms with van der Waals surface area (Å²) < 4.78 is 5.22. The number of amides is 1. The summed E-state index contributed by atoms with van der Waals surface area (Å²) in [7, 11) is 3.69. The molecule has 1 aliphatic rings. The number of hydrogen-bond acceptors (Lipinski definition) is 4. The normalized spacial score (nSPS) is 14.2. The smallest absolute Gasteiger partial charge is 0.224 e.